The summed E-state index contributed by atoms with van der Waals surface area (Å²) in [5, 5.41) is 66.0. The average Bonchev–Trinajstić information content (AvgIpc) is 0.845. The molecule has 0 unspecified atom stereocenters. The van der Waals surface area contributed by atoms with Gasteiger partial charge in [0.2, 0.25) is 16.8 Å². The second-order valence-electron chi connectivity index (χ2n) is 26.5. The second-order valence-corrected chi connectivity index (χ2v) is 26.8. The Hall–Kier alpha value is -7.39. The average molecular weight is 1470 g/mol. The molecule has 24 nitrogen and oxygen atoms in total. The molecule has 1 aromatic carbocycles. The summed E-state index contributed by atoms with van der Waals surface area (Å²) in [6, 6.07) is 1.33. The third kappa shape index (κ3) is 30.4. The van der Waals surface area contributed by atoms with Gasteiger partial charge in [-0.1, -0.05) is 124 Å². The largest absolute Gasteiger partial charge is 1.00 e. The lowest BCUT2D eigenvalue weighted by atomic mass is 9.85. The predicted octanol–water partition coefficient (Wildman–Crippen LogP) is 4.04. The maximum absolute atomic E-state index is 13.5. The van der Waals surface area contributed by atoms with E-state index in [4.69, 9.17) is 42.0 Å². The molecular weight excluding hydrogens is 1350 g/mol. The number of likely N-dealkylation sites (N-methyl/N-ethyl adjacent to an activating group) is 1. The van der Waals surface area contributed by atoms with Gasteiger partial charge in [-0.3, -0.25) is 24.0 Å². The number of phenolic OH excluding ortho intramolecular Hbond substituents is 2. The zero-order valence-electron chi connectivity index (χ0n) is 61.3. The summed E-state index contributed by atoms with van der Waals surface area (Å²) in [6.45, 7) is 35.0. The van der Waals surface area contributed by atoms with Crippen molar-refractivity contribution in [3.8, 4) is 11.5 Å². The number of methoxy groups -OCH3 is 2. The van der Waals surface area contributed by atoms with Gasteiger partial charge in [0, 0.05) is 78.7 Å². The Balaban J connectivity index is 0. The fourth-order valence-electron chi connectivity index (χ4n) is 10.4. The number of anilines is 1. The minimum Gasteiger partial charge on any atom is -1.00 e. The normalized spacial score (nSPS) is 27.2. The molecule has 15 N–H and O–H groups in total. The highest BCUT2D eigenvalue weighted by molar-refractivity contribution is 6.64. The van der Waals surface area contributed by atoms with Crippen LogP contribution >= 0.6 is 24.0 Å². The van der Waals surface area contributed by atoms with Crippen molar-refractivity contribution in [2.24, 2.45) is 52.4 Å². The van der Waals surface area contributed by atoms with Crippen LogP contribution in [0.15, 0.2) is 125 Å². The third-order valence-electron chi connectivity index (χ3n) is 17.3. The quantitative estimate of drug-likeness (QED) is 0.0313. The smallest absolute Gasteiger partial charge is 0.405 e. The molecule has 0 fully saturated rings. The second kappa shape index (κ2) is 45.5. The van der Waals surface area contributed by atoms with Crippen molar-refractivity contribution < 1.29 is 106 Å². The Kier molecular flexibility index (Phi) is 43.0. The number of Topliss-reactive ketones (excluding diaryl/α,β-unsaturated/α-hetero) is 1. The van der Waals surface area contributed by atoms with Crippen LogP contribution in [0.5, 0.6) is 11.5 Å². The number of carboxylic acids is 1. The number of carbonyl (C=O) groups is 8. The van der Waals surface area contributed by atoms with Crippen LogP contribution in [-0.4, -0.2) is 144 Å². The molecule has 4 bridgehead atoms. The lowest BCUT2D eigenvalue weighted by Crippen LogP contribution is -3.00. The van der Waals surface area contributed by atoms with Crippen LogP contribution in [0.1, 0.15) is 135 Å². The number of aliphatic hydroxyl groups excluding tert-OH is 2. The molecule has 12 atom stereocenters. The van der Waals surface area contributed by atoms with E-state index in [2.05, 4.69) is 29.1 Å². The van der Waals surface area contributed by atoms with Gasteiger partial charge in [0.15, 0.2) is 11.4 Å². The summed E-state index contributed by atoms with van der Waals surface area (Å²) in [5.41, 5.74) is 12.9. The van der Waals surface area contributed by atoms with E-state index < -0.39 is 83.7 Å². The summed E-state index contributed by atoms with van der Waals surface area (Å²) < 4.78 is 22.1. The van der Waals surface area contributed by atoms with E-state index >= 15 is 0 Å². The molecule has 0 saturated heterocycles. The molecule has 0 spiro atoms. The van der Waals surface area contributed by atoms with Crippen molar-refractivity contribution >= 4 is 82.2 Å². The fourth-order valence-corrected chi connectivity index (χ4v) is 10.5. The van der Waals surface area contributed by atoms with Gasteiger partial charge >= 0.3 is 12.2 Å². The highest BCUT2D eigenvalue weighted by atomic mass is 35.5. The first-order valence-corrected chi connectivity index (χ1v) is 33.1. The number of phenols is 2. The summed E-state index contributed by atoms with van der Waals surface area (Å²) in [5.74, 6) is -4.80. The van der Waals surface area contributed by atoms with Crippen LogP contribution in [0.4, 0.5) is 21.0 Å². The van der Waals surface area contributed by atoms with Crippen molar-refractivity contribution in [3.05, 3.63) is 131 Å². The molecule has 0 aromatic heterocycles. The van der Waals surface area contributed by atoms with Crippen LogP contribution in [-0.2, 0) is 54.1 Å². The Labute approximate surface area is 608 Å². The van der Waals surface area contributed by atoms with Crippen molar-refractivity contribution in [1.82, 2.24) is 10.6 Å². The topological polar surface area (TPSA) is 399 Å². The molecule has 2 heterocycles. The van der Waals surface area contributed by atoms with Gasteiger partial charge in [0.1, 0.15) is 29.5 Å². The van der Waals surface area contributed by atoms with E-state index in [1.54, 1.807) is 101 Å². The fraction of sp³-hybridized carbons (Fsp3) is 0.534. The number of fused-ring (bicyclic) bond motifs is 4. The first-order valence-electron chi connectivity index (χ1n) is 32.8. The van der Waals surface area contributed by atoms with Crippen LogP contribution < -0.4 is 55.6 Å². The van der Waals surface area contributed by atoms with Gasteiger partial charge in [-0.05, 0) is 114 Å². The highest BCUT2D eigenvalue weighted by Gasteiger charge is 2.35. The van der Waals surface area contributed by atoms with E-state index in [9.17, 15) is 63.9 Å². The molecule has 562 valence electrons. The number of hydrogen-bond acceptors (Lipinski definition) is 18. The standard InChI is InChI=1S/C31H45N3O7.C31H43N3O7.C6H11ClO.C5H11NO2.2ClH/c2*1-8-12-33-26-22-13-17(2)14-25(40-7)27(36)20(5)15-21(6)29(41-31(32)39)18(3)10-9-11-19(4)30(38)34-23(28(22)37)16-24(26)35;1-4-6(2,3)5(7)8;1-5(2,6-3)4(7)8;;/h8-11,15-18,20,25,27,29,33,35-37H,1,12-14H2,2-7H3,(H2,32,39)(H,34,38);8-11,15-18,20,25,27,29,33,36H,1,12-14H2,2-7H3,(H2,32,39)(H,34,38);4H2,1-3H3;6H,1-3H3,(H,7,8);2*1H/b2*10-9-,19-11+,21-15+;;;;/t2*17-,18+,20+,25+,27-,29-;;;;/m11..../s1. The lowest BCUT2D eigenvalue weighted by molar-refractivity contribution is -0.689. The molecule has 0 radical (unpaired) electrons. The van der Waals surface area contributed by atoms with Crippen LogP contribution in [0, 0.1) is 40.9 Å². The highest BCUT2D eigenvalue weighted by Crippen LogP contribution is 2.41. The molecular formula is C73H112Cl3N7O17. The summed E-state index contributed by atoms with van der Waals surface area (Å²) in [4.78, 5) is 96.4. The van der Waals surface area contributed by atoms with Gasteiger partial charge < -0.3 is 99.7 Å². The first kappa shape index (κ1) is 94.7. The van der Waals surface area contributed by atoms with Gasteiger partial charge in [0.05, 0.1) is 60.7 Å². The number of ketones is 2. The summed E-state index contributed by atoms with van der Waals surface area (Å²) in [7, 11) is 4.74. The van der Waals surface area contributed by atoms with E-state index in [1.165, 1.54) is 20.3 Å². The predicted molar refractivity (Wildman–Crippen MR) is 384 cm³/mol. The Morgan fingerprint density at radius 3 is 1.58 bits per heavy atom. The molecule has 100 heavy (non-hydrogen) atoms. The number of quaternary nitrogens is 2. The number of carbonyl (C=O) groups excluding carboxylic acids is 8. The van der Waals surface area contributed by atoms with Gasteiger partial charge in [-0.25, -0.2) is 9.59 Å². The summed E-state index contributed by atoms with van der Waals surface area (Å²) >= 11 is 5.23. The lowest BCUT2D eigenvalue weighted by Gasteiger charge is -2.29. The number of aliphatic carboxylic acids is 1. The van der Waals surface area contributed by atoms with Crippen molar-refractivity contribution in [2.75, 3.05) is 39.7 Å². The minimum atomic E-state index is -1.03. The number of amides is 4. The Morgan fingerprint density at radius 2 is 1.21 bits per heavy atom. The summed E-state index contributed by atoms with van der Waals surface area (Å²) in [6.07, 6.45) is 14.0. The number of ether oxygens (including phenoxy) is 4. The molecule has 27 heteroatoms. The number of rotatable bonds is 14. The van der Waals surface area contributed by atoms with Crippen LogP contribution in [0.2, 0.25) is 0 Å². The number of allylic oxidation sites excluding steroid dienone is 6. The maximum atomic E-state index is 13.5. The zero-order valence-corrected chi connectivity index (χ0v) is 63.6. The Bertz CT molecular complexity index is 3220. The monoisotopic (exact) mass is 1460 g/mol. The third-order valence-corrected chi connectivity index (χ3v) is 17.8. The number of aliphatic hydroxyl groups is 2. The van der Waals surface area contributed by atoms with Crippen molar-refractivity contribution in [2.45, 2.75) is 178 Å². The Morgan fingerprint density at radius 1 is 0.760 bits per heavy atom. The maximum Gasteiger partial charge on any atom is 0.405 e. The van der Waals surface area contributed by atoms with Gasteiger partial charge in [-0.15, -0.1) is 19.0 Å². The molecule has 1 aromatic rings. The minimum absolute atomic E-state index is 0. The number of primary amides is 2. The number of hydrogen-bond donors (Lipinski definition) is 11. The number of aromatic hydroxyl groups is 2. The molecule has 1 aliphatic carbocycles. The zero-order chi connectivity index (χ0) is 75.3. The van der Waals surface area contributed by atoms with Gasteiger partial charge in [0.25, 0.3) is 11.8 Å². The van der Waals surface area contributed by atoms with E-state index in [-0.39, 0.29) is 118 Å². The number of halogens is 3. The van der Waals surface area contributed by atoms with E-state index in [1.807, 2.05) is 81.4 Å². The molecule has 4 amide bonds. The molecule has 0 saturated carbocycles. The molecule has 4 rings (SSSR count). The van der Waals surface area contributed by atoms with Crippen LogP contribution in [0.25, 0.3) is 0 Å². The molecule has 3 aliphatic rings. The number of nitrogens with two attached hydrogens (primary N) is 4. The van der Waals surface area contributed by atoms with Gasteiger partial charge in [-0.2, -0.15) is 0 Å². The number of benzene rings is 1. The van der Waals surface area contributed by atoms with E-state index in [0.29, 0.717) is 59.4 Å². The number of carboxylic acid groups (broad SMARTS) is 1. The van der Waals surface area contributed by atoms with Crippen molar-refractivity contribution in [1.29, 1.82) is 0 Å². The van der Waals surface area contributed by atoms with Crippen LogP contribution in [0.3, 0.4) is 0 Å². The molecule has 2 aliphatic heterocycles. The van der Waals surface area contributed by atoms with Crippen molar-refractivity contribution in [3.63, 3.8) is 0 Å². The number of nitrogens with one attached hydrogen (secondary N) is 3. The first-order chi connectivity index (χ1) is 45.6. The van der Waals surface area contributed by atoms with E-state index in [0.717, 1.165) is 12.5 Å². The SMILES string of the molecule is C=CCNC1=C2C[C@@H](C)C[C@H](OC)[C@H](O)[C@@H](C)/C=C(\C)[C@H](OC(N)=O)[C@@H](C)/C=C\C=C(/C)C(=O)NC(=CC1=O)C2=O.C=CC[NH2+]c1c(O)cc2c(O)c1C[C@@H](C)C[C@H](OC)[C@H](O)[C@@H](C)/C=C(\C)[C@H](OC(N)=O)[C@@H](C)/C=C\C=C(/C)C(=O)N2.CCC(C)(C)C(=O)Cl.C[NH2+]C(C)(C)C(=O)[O-].Cl.[Cl-].